The fourth-order valence-corrected chi connectivity index (χ4v) is 3.51. The van der Waals surface area contributed by atoms with Crippen molar-refractivity contribution in [2.24, 2.45) is 5.92 Å². The maximum atomic E-state index is 3.50. The Balaban J connectivity index is 2.43. The molecular formula is C8H15BrS. The Kier molecular flexibility index (Phi) is 3.11. The van der Waals surface area contributed by atoms with Crippen molar-refractivity contribution >= 4 is 27.7 Å². The highest BCUT2D eigenvalue weighted by Crippen LogP contribution is 2.43. The molecule has 60 valence electrons. The Bertz CT molecular complexity index is 112. The largest absolute Gasteiger partial charge is 0.155 e. The minimum atomic E-state index is 0.549. The molecule has 0 aromatic carbocycles. The number of thioether (sulfide) groups is 1. The maximum Gasteiger partial charge on any atom is 0.0132 e. The molecule has 2 heteroatoms. The molecular weight excluding hydrogens is 208 g/mol. The van der Waals surface area contributed by atoms with E-state index < -0.39 is 0 Å². The summed E-state index contributed by atoms with van der Waals surface area (Å²) in [6.07, 6.45) is 2.77. The van der Waals surface area contributed by atoms with Crippen LogP contribution in [0.3, 0.4) is 0 Å². The third-order valence-corrected chi connectivity index (χ3v) is 4.36. The van der Waals surface area contributed by atoms with Gasteiger partial charge >= 0.3 is 0 Å². The minimum absolute atomic E-state index is 0.549. The van der Waals surface area contributed by atoms with Crippen molar-refractivity contribution in [2.75, 3.05) is 11.1 Å². The molecule has 10 heavy (non-hydrogen) atoms. The third-order valence-electron chi connectivity index (χ3n) is 2.38. The van der Waals surface area contributed by atoms with Crippen molar-refractivity contribution in [1.82, 2.24) is 0 Å². The van der Waals surface area contributed by atoms with Gasteiger partial charge in [-0.15, -0.1) is 0 Å². The first-order chi connectivity index (χ1) is 4.67. The van der Waals surface area contributed by atoms with E-state index in [2.05, 4.69) is 41.5 Å². The zero-order valence-corrected chi connectivity index (χ0v) is 9.09. The second-order valence-corrected chi connectivity index (χ2v) is 5.96. The van der Waals surface area contributed by atoms with Crippen LogP contribution >= 0.6 is 27.7 Å². The van der Waals surface area contributed by atoms with E-state index in [0.29, 0.717) is 4.75 Å². The number of alkyl halides is 1. The number of hydrogen-bond donors (Lipinski definition) is 0. The lowest BCUT2D eigenvalue weighted by molar-refractivity contribution is 0.427. The van der Waals surface area contributed by atoms with Gasteiger partial charge in [0.05, 0.1) is 0 Å². The quantitative estimate of drug-likeness (QED) is 0.647. The first-order valence-corrected chi connectivity index (χ1v) is 5.97. The van der Waals surface area contributed by atoms with Crippen LogP contribution in [-0.4, -0.2) is 15.8 Å². The van der Waals surface area contributed by atoms with Crippen LogP contribution in [0.5, 0.6) is 0 Å². The summed E-state index contributed by atoms with van der Waals surface area (Å²) < 4.78 is 0.549. The van der Waals surface area contributed by atoms with E-state index >= 15 is 0 Å². The van der Waals surface area contributed by atoms with E-state index in [4.69, 9.17) is 0 Å². The number of rotatable bonds is 2. The van der Waals surface area contributed by atoms with Crippen molar-refractivity contribution in [3.05, 3.63) is 0 Å². The fourth-order valence-electron chi connectivity index (χ4n) is 1.55. The SMILES string of the molecule is CC1(C)SCCC1CCBr. The molecule has 0 amide bonds. The molecule has 1 atom stereocenters. The van der Waals surface area contributed by atoms with E-state index in [-0.39, 0.29) is 0 Å². The van der Waals surface area contributed by atoms with Gasteiger partial charge in [0, 0.05) is 10.1 Å². The van der Waals surface area contributed by atoms with Crippen molar-refractivity contribution in [3.8, 4) is 0 Å². The summed E-state index contributed by atoms with van der Waals surface area (Å²) in [5.74, 6) is 2.31. The summed E-state index contributed by atoms with van der Waals surface area (Å²) in [5, 5.41) is 1.17. The van der Waals surface area contributed by atoms with Crippen LogP contribution in [0.2, 0.25) is 0 Å². The van der Waals surface area contributed by atoms with E-state index in [0.717, 1.165) is 5.92 Å². The summed E-state index contributed by atoms with van der Waals surface area (Å²) >= 11 is 5.63. The van der Waals surface area contributed by atoms with Gasteiger partial charge in [0.2, 0.25) is 0 Å². The highest BCUT2D eigenvalue weighted by Gasteiger charge is 2.34. The lowest BCUT2D eigenvalue weighted by atomic mass is 9.91. The Hall–Kier alpha value is 0.830. The lowest BCUT2D eigenvalue weighted by Crippen LogP contribution is -2.22. The zero-order valence-electron chi connectivity index (χ0n) is 6.69. The summed E-state index contributed by atoms with van der Waals surface area (Å²) in [4.78, 5) is 0. The van der Waals surface area contributed by atoms with Gasteiger partial charge in [0.1, 0.15) is 0 Å². The van der Waals surface area contributed by atoms with E-state index in [1.165, 1.54) is 23.9 Å². The summed E-state index contributed by atoms with van der Waals surface area (Å²) in [5.41, 5.74) is 0. The lowest BCUT2D eigenvalue weighted by Gasteiger charge is -2.24. The van der Waals surface area contributed by atoms with Crippen molar-refractivity contribution in [1.29, 1.82) is 0 Å². The van der Waals surface area contributed by atoms with Gasteiger partial charge in [-0.2, -0.15) is 11.8 Å². The smallest absolute Gasteiger partial charge is 0.0132 e. The molecule has 0 N–H and O–H groups in total. The Morgan fingerprint density at radius 1 is 1.60 bits per heavy atom. The molecule has 1 aliphatic rings. The number of hydrogen-bond acceptors (Lipinski definition) is 1. The Morgan fingerprint density at radius 3 is 2.70 bits per heavy atom. The first-order valence-electron chi connectivity index (χ1n) is 3.87. The van der Waals surface area contributed by atoms with Crippen LogP contribution < -0.4 is 0 Å². The predicted octanol–water partition coefficient (Wildman–Crippen LogP) is 3.30. The topological polar surface area (TPSA) is 0 Å². The van der Waals surface area contributed by atoms with Gasteiger partial charge in [-0.05, 0) is 24.5 Å². The summed E-state index contributed by atoms with van der Waals surface area (Å²) in [6.45, 7) is 4.75. The molecule has 1 unspecified atom stereocenters. The predicted molar refractivity (Wildman–Crippen MR) is 53.1 cm³/mol. The van der Waals surface area contributed by atoms with Gasteiger partial charge < -0.3 is 0 Å². The Morgan fingerprint density at radius 2 is 2.30 bits per heavy atom. The normalized spacial score (nSPS) is 30.9. The molecule has 1 fully saturated rings. The van der Waals surface area contributed by atoms with E-state index in [1.54, 1.807) is 0 Å². The van der Waals surface area contributed by atoms with Crippen LogP contribution in [0.4, 0.5) is 0 Å². The fraction of sp³-hybridized carbons (Fsp3) is 1.00. The third kappa shape index (κ3) is 1.91. The molecule has 1 rings (SSSR count). The maximum absolute atomic E-state index is 3.50. The highest BCUT2D eigenvalue weighted by atomic mass is 79.9. The van der Waals surface area contributed by atoms with Crippen molar-refractivity contribution in [2.45, 2.75) is 31.4 Å². The summed E-state index contributed by atoms with van der Waals surface area (Å²) in [7, 11) is 0. The van der Waals surface area contributed by atoms with Crippen LogP contribution in [0.25, 0.3) is 0 Å². The molecule has 0 nitrogen and oxygen atoms in total. The number of halogens is 1. The highest BCUT2D eigenvalue weighted by molar-refractivity contribution is 9.09. The van der Waals surface area contributed by atoms with Crippen LogP contribution in [-0.2, 0) is 0 Å². The molecule has 0 aromatic heterocycles. The summed E-state index contributed by atoms with van der Waals surface area (Å²) in [6, 6.07) is 0. The molecule has 0 aromatic rings. The van der Waals surface area contributed by atoms with Gasteiger partial charge in [0.15, 0.2) is 0 Å². The standard InChI is InChI=1S/C8H15BrS/c1-8(2)7(3-5-9)4-6-10-8/h7H,3-6H2,1-2H3. The molecule has 1 heterocycles. The molecule has 0 spiro atoms. The second kappa shape index (κ2) is 3.48. The minimum Gasteiger partial charge on any atom is -0.155 e. The molecule has 1 saturated heterocycles. The molecule has 0 saturated carbocycles. The second-order valence-electron chi connectivity index (χ2n) is 3.42. The van der Waals surface area contributed by atoms with Gasteiger partial charge in [0.25, 0.3) is 0 Å². The molecule has 1 aliphatic heterocycles. The monoisotopic (exact) mass is 222 g/mol. The molecule has 0 aliphatic carbocycles. The van der Waals surface area contributed by atoms with E-state index in [1.807, 2.05) is 0 Å². The van der Waals surface area contributed by atoms with E-state index in [9.17, 15) is 0 Å². The van der Waals surface area contributed by atoms with Crippen LogP contribution in [0.1, 0.15) is 26.7 Å². The van der Waals surface area contributed by atoms with Crippen LogP contribution in [0.15, 0.2) is 0 Å². The first kappa shape index (κ1) is 8.92. The molecule has 0 bridgehead atoms. The Labute approximate surface area is 76.3 Å². The van der Waals surface area contributed by atoms with Crippen molar-refractivity contribution in [3.63, 3.8) is 0 Å². The van der Waals surface area contributed by atoms with Gasteiger partial charge in [-0.3, -0.25) is 0 Å². The zero-order chi connectivity index (χ0) is 7.61. The van der Waals surface area contributed by atoms with Gasteiger partial charge in [-0.25, -0.2) is 0 Å². The molecule has 0 radical (unpaired) electrons. The van der Waals surface area contributed by atoms with Crippen molar-refractivity contribution < 1.29 is 0 Å². The average molecular weight is 223 g/mol. The van der Waals surface area contributed by atoms with Crippen LogP contribution in [0, 0.1) is 5.92 Å². The van der Waals surface area contributed by atoms with Gasteiger partial charge in [-0.1, -0.05) is 29.8 Å². The average Bonchev–Trinajstić information content (AvgIpc) is 2.13.